The molecule has 2 heteroatoms. The zero-order valence-corrected chi connectivity index (χ0v) is 9.21. The molecule has 0 aromatic heterocycles. The van der Waals surface area contributed by atoms with Crippen LogP contribution in [0.5, 0.6) is 5.75 Å². The highest BCUT2D eigenvalue weighted by Gasteiger charge is 2.26. The standard InChI is InChI=1S/C13H17NO/c1-9-8-12(15)11-5-3-7-14-6-2-4-10(9)13(11)14/h8,15H,2-7H2,1H3. The fourth-order valence-electron chi connectivity index (χ4n) is 3.04. The van der Waals surface area contributed by atoms with Gasteiger partial charge < -0.3 is 10.0 Å². The summed E-state index contributed by atoms with van der Waals surface area (Å²) in [5.74, 6) is 0.512. The molecule has 0 radical (unpaired) electrons. The number of phenols is 1. The van der Waals surface area contributed by atoms with Crippen molar-refractivity contribution in [3.8, 4) is 5.75 Å². The average molecular weight is 203 g/mol. The Morgan fingerprint density at radius 3 is 2.53 bits per heavy atom. The van der Waals surface area contributed by atoms with Gasteiger partial charge in [0.15, 0.2) is 0 Å². The Kier molecular flexibility index (Phi) is 1.91. The maximum absolute atomic E-state index is 9.97. The van der Waals surface area contributed by atoms with Crippen LogP contribution < -0.4 is 4.90 Å². The molecule has 2 aliphatic rings. The average Bonchev–Trinajstić information content (AvgIpc) is 2.25. The van der Waals surface area contributed by atoms with Crippen LogP contribution in [0.1, 0.15) is 29.5 Å². The molecule has 1 N–H and O–H groups in total. The van der Waals surface area contributed by atoms with Crippen molar-refractivity contribution in [2.75, 3.05) is 18.0 Å². The largest absolute Gasteiger partial charge is 0.508 e. The molecule has 0 saturated carbocycles. The van der Waals surface area contributed by atoms with Crippen molar-refractivity contribution in [2.45, 2.75) is 32.6 Å². The van der Waals surface area contributed by atoms with Crippen molar-refractivity contribution in [1.82, 2.24) is 0 Å². The predicted molar refractivity (Wildman–Crippen MR) is 61.7 cm³/mol. The van der Waals surface area contributed by atoms with Gasteiger partial charge in [0.25, 0.3) is 0 Å². The molecule has 0 fully saturated rings. The van der Waals surface area contributed by atoms with Gasteiger partial charge in [-0.1, -0.05) is 0 Å². The van der Waals surface area contributed by atoms with Crippen molar-refractivity contribution >= 4 is 5.69 Å². The van der Waals surface area contributed by atoms with Crippen LogP contribution in [0.2, 0.25) is 0 Å². The van der Waals surface area contributed by atoms with Gasteiger partial charge in [-0.15, -0.1) is 0 Å². The molecule has 0 amide bonds. The van der Waals surface area contributed by atoms with E-state index in [-0.39, 0.29) is 0 Å². The number of aromatic hydroxyl groups is 1. The van der Waals surface area contributed by atoms with E-state index < -0.39 is 0 Å². The molecule has 0 aliphatic carbocycles. The lowest BCUT2D eigenvalue weighted by molar-refractivity contribution is 0.462. The highest BCUT2D eigenvalue weighted by Crippen LogP contribution is 2.41. The van der Waals surface area contributed by atoms with Crippen LogP contribution in [0.3, 0.4) is 0 Å². The summed E-state index contributed by atoms with van der Waals surface area (Å²) in [5.41, 5.74) is 5.30. The van der Waals surface area contributed by atoms with Gasteiger partial charge in [0.05, 0.1) is 0 Å². The summed E-state index contributed by atoms with van der Waals surface area (Å²) in [5, 5.41) is 9.97. The van der Waals surface area contributed by atoms with Crippen LogP contribution >= 0.6 is 0 Å². The van der Waals surface area contributed by atoms with Gasteiger partial charge in [-0.3, -0.25) is 0 Å². The Hall–Kier alpha value is -1.18. The van der Waals surface area contributed by atoms with Crippen LogP contribution in [-0.2, 0) is 12.8 Å². The van der Waals surface area contributed by atoms with Crippen LogP contribution in [0.15, 0.2) is 6.07 Å². The highest BCUT2D eigenvalue weighted by atomic mass is 16.3. The SMILES string of the molecule is Cc1cc(O)c2c3c1CCCN3CCC2. The topological polar surface area (TPSA) is 23.5 Å². The third-order valence-corrected chi connectivity index (χ3v) is 3.74. The number of rotatable bonds is 0. The summed E-state index contributed by atoms with van der Waals surface area (Å²) in [6.07, 6.45) is 4.68. The first-order valence-electron chi connectivity index (χ1n) is 5.86. The fourth-order valence-corrected chi connectivity index (χ4v) is 3.04. The third kappa shape index (κ3) is 1.24. The Morgan fingerprint density at radius 2 is 1.80 bits per heavy atom. The van der Waals surface area contributed by atoms with Crippen LogP contribution in [0, 0.1) is 6.92 Å². The summed E-state index contributed by atoms with van der Waals surface area (Å²) >= 11 is 0. The maximum atomic E-state index is 9.97. The van der Waals surface area contributed by atoms with E-state index in [0.717, 1.165) is 6.42 Å². The van der Waals surface area contributed by atoms with E-state index in [9.17, 15) is 5.11 Å². The molecule has 2 aliphatic heterocycles. The molecule has 0 spiro atoms. The highest BCUT2D eigenvalue weighted by molar-refractivity contribution is 5.69. The molecular formula is C13H17NO. The number of aryl methyl sites for hydroxylation is 1. The summed E-state index contributed by atoms with van der Waals surface area (Å²) < 4.78 is 0. The molecule has 15 heavy (non-hydrogen) atoms. The zero-order chi connectivity index (χ0) is 10.4. The van der Waals surface area contributed by atoms with Crippen LogP contribution in [0.4, 0.5) is 5.69 Å². The van der Waals surface area contributed by atoms with E-state index in [1.165, 1.54) is 54.7 Å². The van der Waals surface area contributed by atoms with Gasteiger partial charge in [-0.25, -0.2) is 0 Å². The lowest BCUT2D eigenvalue weighted by Gasteiger charge is -2.37. The van der Waals surface area contributed by atoms with Crippen molar-refractivity contribution in [3.05, 3.63) is 22.8 Å². The minimum Gasteiger partial charge on any atom is -0.508 e. The Balaban J connectivity index is 2.27. The molecule has 3 rings (SSSR count). The number of hydrogen-bond donors (Lipinski definition) is 1. The van der Waals surface area contributed by atoms with E-state index in [4.69, 9.17) is 0 Å². The number of hydrogen-bond acceptors (Lipinski definition) is 2. The maximum Gasteiger partial charge on any atom is 0.121 e. The summed E-state index contributed by atoms with van der Waals surface area (Å²) in [4.78, 5) is 2.46. The second-order valence-corrected chi connectivity index (χ2v) is 4.71. The van der Waals surface area contributed by atoms with Crippen molar-refractivity contribution in [3.63, 3.8) is 0 Å². The van der Waals surface area contributed by atoms with E-state index in [1.807, 2.05) is 6.07 Å². The molecule has 1 aromatic rings. The smallest absolute Gasteiger partial charge is 0.121 e. The number of phenolic OH excluding ortho intramolecular Hbond substituents is 1. The second-order valence-electron chi connectivity index (χ2n) is 4.71. The molecule has 2 nitrogen and oxygen atoms in total. The van der Waals surface area contributed by atoms with E-state index in [0.29, 0.717) is 5.75 Å². The zero-order valence-electron chi connectivity index (χ0n) is 9.21. The minimum atomic E-state index is 0.512. The van der Waals surface area contributed by atoms with Gasteiger partial charge in [0.1, 0.15) is 5.75 Å². The van der Waals surface area contributed by atoms with Gasteiger partial charge in [0.2, 0.25) is 0 Å². The van der Waals surface area contributed by atoms with Crippen molar-refractivity contribution in [1.29, 1.82) is 0 Å². The molecule has 0 saturated heterocycles. The fraction of sp³-hybridized carbons (Fsp3) is 0.538. The first kappa shape index (κ1) is 9.08. The Morgan fingerprint density at radius 1 is 1.13 bits per heavy atom. The number of benzene rings is 1. The first-order chi connectivity index (χ1) is 7.27. The van der Waals surface area contributed by atoms with E-state index in [2.05, 4.69) is 11.8 Å². The molecule has 0 bridgehead atoms. The first-order valence-corrected chi connectivity index (χ1v) is 5.86. The van der Waals surface area contributed by atoms with Crippen LogP contribution in [0.25, 0.3) is 0 Å². The number of anilines is 1. The van der Waals surface area contributed by atoms with Crippen molar-refractivity contribution in [2.24, 2.45) is 0 Å². The van der Waals surface area contributed by atoms with E-state index in [1.54, 1.807) is 0 Å². The summed E-state index contributed by atoms with van der Waals surface area (Å²) in [6, 6.07) is 1.95. The summed E-state index contributed by atoms with van der Waals surface area (Å²) in [6.45, 7) is 4.46. The normalized spacial score (nSPS) is 18.9. The molecule has 1 aromatic carbocycles. The Bertz CT molecular complexity index is 377. The third-order valence-electron chi connectivity index (χ3n) is 3.74. The number of nitrogens with zero attached hydrogens (tertiary/aromatic N) is 1. The van der Waals surface area contributed by atoms with Gasteiger partial charge >= 0.3 is 0 Å². The molecule has 0 unspecified atom stereocenters. The Labute approximate surface area is 90.5 Å². The molecule has 2 heterocycles. The molecule has 0 atom stereocenters. The van der Waals surface area contributed by atoms with Gasteiger partial charge in [0, 0.05) is 24.3 Å². The van der Waals surface area contributed by atoms with Crippen LogP contribution in [-0.4, -0.2) is 18.2 Å². The molecule has 80 valence electrons. The van der Waals surface area contributed by atoms with E-state index >= 15 is 0 Å². The molecular weight excluding hydrogens is 186 g/mol. The monoisotopic (exact) mass is 203 g/mol. The lowest BCUT2D eigenvalue weighted by Crippen LogP contribution is -2.34. The van der Waals surface area contributed by atoms with Gasteiger partial charge in [-0.2, -0.15) is 0 Å². The minimum absolute atomic E-state index is 0.512. The summed E-state index contributed by atoms with van der Waals surface area (Å²) in [7, 11) is 0. The lowest BCUT2D eigenvalue weighted by atomic mass is 9.88. The predicted octanol–water partition coefficient (Wildman–Crippen LogP) is 2.40. The van der Waals surface area contributed by atoms with Gasteiger partial charge in [-0.05, 0) is 49.8 Å². The second kappa shape index (κ2) is 3.16. The van der Waals surface area contributed by atoms with Crippen molar-refractivity contribution < 1.29 is 5.11 Å². The quantitative estimate of drug-likeness (QED) is 0.700.